The van der Waals surface area contributed by atoms with Gasteiger partial charge in [-0.05, 0) is 29.2 Å². The number of allylic oxidation sites excluding steroid dienone is 4. The van der Waals surface area contributed by atoms with Crippen LogP contribution in [0.25, 0.3) is 0 Å². The molecule has 3 heteroatoms. The van der Waals surface area contributed by atoms with Gasteiger partial charge in [0.2, 0.25) is 0 Å². The molecule has 0 bridgehead atoms. The van der Waals surface area contributed by atoms with Gasteiger partial charge in [-0.15, -0.1) is 0 Å². The minimum absolute atomic E-state index is 0.0431. The molecule has 1 atom stereocenters. The largest absolute Gasteiger partial charge is 0.496 e. The van der Waals surface area contributed by atoms with Crippen LogP contribution in [-0.2, 0) is 10.8 Å². The maximum atomic E-state index is 6.27. The lowest BCUT2D eigenvalue weighted by Crippen LogP contribution is -2.39. The number of benzene rings is 1. The number of aryl methyl sites for hydroxylation is 1. The second-order valence-corrected chi connectivity index (χ2v) is 18.6. The van der Waals surface area contributed by atoms with Crippen molar-refractivity contribution in [3.05, 3.63) is 45.7 Å². The summed E-state index contributed by atoms with van der Waals surface area (Å²) < 4.78 is 6.27. The lowest BCUT2D eigenvalue weighted by atomic mass is 9.73. The SMILES string of the molecule is COc1c(C(C)(C)C)cc(C)c([SiH](C)C)c1C(C)(C)C1=C([SiH](C)C)C(C(C)(C)C)C=C1. The summed E-state index contributed by atoms with van der Waals surface area (Å²) in [6.07, 6.45) is 4.97. The Morgan fingerprint density at radius 1 is 0.871 bits per heavy atom. The molecular formula is C28H48OSi2. The summed E-state index contributed by atoms with van der Waals surface area (Å²) in [5.74, 6) is 1.68. The van der Waals surface area contributed by atoms with Crippen LogP contribution in [0.5, 0.6) is 5.75 Å². The first kappa shape index (κ1) is 26.2. The summed E-state index contributed by atoms with van der Waals surface area (Å²) in [6.45, 7) is 31.3. The Balaban J connectivity index is 2.98. The molecule has 0 amide bonds. The van der Waals surface area contributed by atoms with Crippen LogP contribution in [0.3, 0.4) is 0 Å². The van der Waals surface area contributed by atoms with Crippen molar-refractivity contribution in [3.63, 3.8) is 0 Å². The molecule has 0 spiro atoms. The molecular weight excluding hydrogens is 408 g/mol. The van der Waals surface area contributed by atoms with Crippen molar-refractivity contribution in [2.24, 2.45) is 11.3 Å². The lowest BCUT2D eigenvalue weighted by Gasteiger charge is -2.38. The summed E-state index contributed by atoms with van der Waals surface area (Å²) in [5.41, 5.74) is 6.04. The van der Waals surface area contributed by atoms with E-state index in [0.29, 0.717) is 5.92 Å². The van der Waals surface area contributed by atoms with Gasteiger partial charge >= 0.3 is 0 Å². The average molecular weight is 457 g/mol. The van der Waals surface area contributed by atoms with Crippen molar-refractivity contribution in [2.45, 2.75) is 99.3 Å². The van der Waals surface area contributed by atoms with Crippen molar-refractivity contribution in [3.8, 4) is 5.75 Å². The summed E-state index contributed by atoms with van der Waals surface area (Å²) >= 11 is 0. The second-order valence-electron chi connectivity index (χ2n) is 12.8. The quantitative estimate of drug-likeness (QED) is 0.441. The van der Waals surface area contributed by atoms with Crippen LogP contribution in [0.15, 0.2) is 29.0 Å². The molecule has 0 aliphatic heterocycles. The molecule has 2 rings (SSSR count). The fraction of sp³-hybridized carbons (Fsp3) is 0.643. The van der Waals surface area contributed by atoms with E-state index in [9.17, 15) is 0 Å². The molecule has 0 aromatic heterocycles. The van der Waals surface area contributed by atoms with Gasteiger partial charge in [0.15, 0.2) is 0 Å². The van der Waals surface area contributed by atoms with Crippen molar-refractivity contribution in [1.29, 1.82) is 0 Å². The summed E-state index contributed by atoms with van der Waals surface area (Å²) in [5, 5.41) is 3.34. The minimum Gasteiger partial charge on any atom is -0.496 e. The fourth-order valence-electron chi connectivity index (χ4n) is 5.64. The molecule has 1 aliphatic carbocycles. The molecule has 1 unspecified atom stereocenters. The molecule has 0 heterocycles. The smallest absolute Gasteiger partial charge is 0.126 e. The van der Waals surface area contributed by atoms with Crippen LogP contribution < -0.4 is 9.92 Å². The minimum atomic E-state index is -1.08. The van der Waals surface area contributed by atoms with E-state index in [1.165, 1.54) is 16.7 Å². The van der Waals surface area contributed by atoms with Gasteiger partial charge in [0.1, 0.15) is 5.75 Å². The van der Waals surface area contributed by atoms with Gasteiger partial charge in [0, 0.05) is 16.5 Å². The monoisotopic (exact) mass is 456 g/mol. The van der Waals surface area contributed by atoms with E-state index in [4.69, 9.17) is 4.74 Å². The number of hydrogen-bond donors (Lipinski definition) is 0. The van der Waals surface area contributed by atoms with Gasteiger partial charge in [-0.25, -0.2) is 0 Å². The van der Waals surface area contributed by atoms with Crippen molar-refractivity contribution < 1.29 is 4.74 Å². The Bertz CT molecular complexity index is 887. The number of ether oxygens (including phenoxy) is 1. The molecule has 1 aromatic rings. The Kier molecular flexibility index (Phi) is 7.35. The summed E-state index contributed by atoms with van der Waals surface area (Å²) in [4.78, 5) is 0. The highest BCUT2D eigenvalue weighted by molar-refractivity contribution is 6.71. The molecule has 1 aromatic carbocycles. The second kappa shape index (κ2) is 8.70. The van der Waals surface area contributed by atoms with Crippen LogP contribution in [0.1, 0.15) is 72.1 Å². The van der Waals surface area contributed by atoms with E-state index < -0.39 is 17.6 Å². The first-order valence-corrected chi connectivity index (χ1v) is 17.9. The standard InChI is InChI=1S/C28H48OSi2/c1-18-17-21(27(5,6)7)23(29-10)22(24(18)30(11)12)28(8,9)20-16-15-19(26(2,3)4)25(20)31(13)14/h15-17,19,30-31H,1-14H3. The zero-order valence-electron chi connectivity index (χ0n) is 22.9. The third-order valence-corrected chi connectivity index (χ3v) is 10.9. The first-order chi connectivity index (χ1) is 14.0. The first-order valence-electron chi connectivity index (χ1n) is 12.1. The predicted molar refractivity (Wildman–Crippen MR) is 146 cm³/mol. The Labute approximate surface area is 196 Å². The van der Waals surface area contributed by atoms with Gasteiger partial charge in [-0.1, -0.05) is 116 Å². The maximum Gasteiger partial charge on any atom is 0.126 e. The Morgan fingerprint density at radius 2 is 1.42 bits per heavy atom. The normalized spacial score (nSPS) is 18.0. The lowest BCUT2D eigenvalue weighted by molar-refractivity contribution is 0.339. The Morgan fingerprint density at radius 3 is 1.81 bits per heavy atom. The highest BCUT2D eigenvalue weighted by atomic mass is 28.3. The molecule has 174 valence electrons. The van der Waals surface area contributed by atoms with Crippen LogP contribution in [0.4, 0.5) is 0 Å². The summed E-state index contributed by atoms with van der Waals surface area (Å²) in [6, 6.07) is 2.41. The molecule has 0 radical (unpaired) electrons. The number of hydrogen-bond acceptors (Lipinski definition) is 1. The number of rotatable bonds is 5. The van der Waals surface area contributed by atoms with Gasteiger partial charge in [-0.3, -0.25) is 0 Å². The zero-order valence-corrected chi connectivity index (χ0v) is 25.2. The zero-order chi connectivity index (χ0) is 24.1. The third-order valence-electron chi connectivity index (χ3n) is 7.07. The van der Waals surface area contributed by atoms with Crippen LogP contribution in [0.2, 0.25) is 26.2 Å². The Hall–Kier alpha value is -1.07. The maximum absolute atomic E-state index is 6.27. The van der Waals surface area contributed by atoms with Crippen LogP contribution in [0, 0.1) is 18.3 Å². The van der Waals surface area contributed by atoms with E-state index in [1.54, 1.807) is 16.0 Å². The van der Waals surface area contributed by atoms with Gasteiger partial charge in [-0.2, -0.15) is 0 Å². The fourth-order valence-corrected chi connectivity index (χ4v) is 10.1. The van der Waals surface area contributed by atoms with Crippen molar-refractivity contribution in [2.75, 3.05) is 7.11 Å². The van der Waals surface area contributed by atoms with Crippen molar-refractivity contribution >= 4 is 22.8 Å². The molecule has 1 nitrogen and oxygen atoms in total. The van der Waals surface area contributed by atoms with Crippen LogP contribution >= 0.6 is 0 Å². The summed E-state index contributed by atoms with van der Waals surface area (Å²) in [7, 11) is -0.198. The van der Waals surface area contributed by atoms with E-state index in [2.05, 4.69) is 107 Å². The van der Waals surface area contributed by atoms with Crippen LogP contribution in [-0.4, -0.2) is 24.7 Å². The highest BCUT2D eigenvalue weighted by Crippen LogP contribution is 2.49. The van der Waals surface area contributed by atoms with E-state index in [-0.39, 0.29) is 16.2 Å². The molecule has 1 aliphatic rings. The molecule has 0 N–H and O–H groups in total. The highest BCUT2D eigenvalue weighted by Gasteiger charge is 2.41. The number of methoxy groups -OCH3 is 1. The van der Waals surface area contributed by atoms with E-state index >= 15 is 0 Å². The van der Waals surface area contributed by atoms with E-state index in [1.807, 2.05) is 7.11 Å². The van der Waals surface area contributed by atoms with E-state index in [0.717, 1.165) is 5.75 Å². The van der Waals surface area contributed by atoms with Gasteiger partial charge in [0.25, 0.3) is 0 Å². The van der Waals surface area contributed by atoms with Crippen molar-refractivity contribution in [1.82, 2.24) is 0 Å². The molecule has 0 saturated carbocycles. The molecule has 31 heavy (non-hydrogen) atoms. The molecule has 0 fully saturated rings. The van der Waals surface area contributed by atoms with Gasteiger partial charge < -0.3 is 4.74 Å². The third kappa shape index (κ3) is 4.83. The van der Waals surface area contributed by atoms with Gasteiger partial charge in [0.05, 0.1) is 24.7 Å². The average Bonchev–Trinajstić information content (AvgIpc) is 3.06. The predicted octanol–water partition coefficient (Wildman–Crippen LogP) is 6.83. The molecule has 0 saturated heterocycles. The topological polar surface area (TPSA) is 9.23 Å².